The van der Waals surface area contributed by atoms with Gasteiger partial charge in [0.05, 0.1) is 0 Å². The topological polar surface area (TPSA) is 74.6 Å². The summed E-state index contributed by atoms with van der Waals surface area (Å²) in [5.74, 6) is -0.0921. The minimum Gasteiger partial charge on any atom is -0.481 e. The lowest BCUT2D eigenvalue weighted by Crippen LogP contribution is -2.01. The zero-order chi connectivity index (χ0) is 11.8. The number of nitrogens with zero attached hydrogens (tertiary/aromatic N) is 2. The van der Waals surface area contributed by atoms with Crippen LogP contribution >= 0.6 is 0 Å². The van der Waals surface area contributed by atoms with Crippen molar-refractivity contribution < 1.29 is 9.90 Å². The largest absolute Gasteiger partial charge is 0.481 e. The fraction of sp³-hybridized carbons (Fsp3) is 0.364. The molecule has 1 heterocycles. The summed E-state index contributed by atoms with van der Waals surface area (Å²) in [5, 5.41) is 12.6. The van der Waals surface area contributed by atoms with Gasteiger partial charge in [0, 0.05) is 18.3 Å². The predicted octanol–water partition coefficient (Wildman–Crippen LogP) is 2.12. The van der Waals surface area contributed by atoms with Crippen molar-refractivity contribution >= 4 is 17.5 Å². The molecule has 0 aliphatic carbocycles. The van der Waals surface area contributed by atoms with Crippen molar-refractivity contribution in [1.29, 1.82) is 0 Å². The lowest BCUT2D eigenvalue weighted by Gasteiger charge is -2.01. The van der Waals surface area contributed by atoms with Crippen LogP contribution in [-0.4, -0.2) is 21.8 Å². The Labute approximate surface area is 94.2 Å². The van der Waals surface area contributed by atoms with Gasteiger partial charge in [0.1, 0.15) is 5.82 Å². The van der Waals surface area contributed by atoms with E-state index in [1.807, 2.05) is 25.1 Å². The van der Waals surface area contributed by atoms with E-state index in [0.717, 1.165) is 5.71 Å². The molecule has 1 aromatic heterocycles. The highest BCUT2D eigenvalue weighted by Gasteiger charge is 1.98. The van der Waals surface area contributed by atoms with Gasteiger partial charge in [-0.3, -0.25) is 10.2 Å². The van der Waals surface area contributed by atoms with Gasteiger partial charge < -0.3 is 5.11 Å². The first-order valence-electron chi connectivity index (χ1n) is 5.10. The van der Waals surface area contributed by atoms with Crippen molar-refractivity contribution in [3.05, 3.63) is 24.4 Å². The third-order valence-electron chi connectivity index (χ3n) is 1.96. The molecule has 0 aromatic carbocycles. The van der Waals surface area contributed by atoms with Crippen molar-refractivity contribution in [2.24, 2.45) is 5.10 Å². The smallest absolute Gasteiger partial charge is 0.303 e. The molecular formula is C11H15N3O2. The van der Waals surface area contributed by atoms with Crippen LogP contribution in [0.5, 0.6) is 0 Å². The van der Waals surface area contributed by atoms with E-state index in [1.54, 1.807) is 6.20 Å². The molecule has 1 rings (SSSR count). The minimum absolute atomic E-state index is 0.177. The van der Waals surface area contributed by atoms with Gasteiger partial charge in [-0.15, -0.1) is 0 Å². The number of hydrazone groups is 1. The van der Waals surface area contributed by atoms with Crippen LogP contribution in [0.3, 0.4) is 0 Å². The normalized spacial score (nSPS) is 11.2. The second-order valence-corrected chi connectivity index (χ2v) is 3.42. The molecule has 86 valence electrons. The Hall–Kier alpha value is -1.91. The van der Waals surface area contributed by atoms with Gasteiger partial charge in [-0.2, -0.15) is 5.10 Å². The molecule has 0 fully saturated rings. The third kappa shape index (κ3) is 5.09. The Balaban J connectivity index is 2.31. The lowest BCUT2D eigenvalue weighted by atomic mass is 10.2. The number of aliphatic carboxylic acids is 1. The average Bonchev–Trinajstić information content (AvgIpc) is 2.27. The Morgan fingerprint density at radius 2 is 2.31 bits per heavy atom. The first-order valence-corrected chi connectivity index (χ1v) is 5.10. The molecule has 16 heavy (non-hydrogen) atoms. The van der Waals surface area contributed by atoms with Crippen molar-refractivity contribution in [2.75, 3.05) is 5.43 Å². The van der Waals surface area contributed by atoms with E-state index in [1.165, 1.54) is 0 Å². The van der Waals surface area contributed by atoms with Crippen LogP contribution in [0.15, 0.2) is 29.5 Å². The number of carboxylic acids is 1. The number of carbonyl (C=O) groups is 1. The number of hydrogen-bond acceptors (Lipinski definition) is 4. The average molecular weight is 221 g/mol. The number of rotatable bonds is 6. The van der Waals surface area contributed by atoms with Crippen LogP contribution in [0.4, 0.5) is 5.82 Å². The number of carboxylic acid groups (broad SMARTS) is 1. The fourth-order valence-corrected chi connectivity index (χ4v) is 1.13. The number of aromatic nitrogens is 1. The van der Waals surface area contributed by atoms with E-state index in [2.05, 4.69) is 15.5 Å². The highest BCUT2D eigenvalue weighted by atomic mass is 16.4. The fourth-order valence-electron chi connectivity index (χ4n) is 1.13. The first kappa shape index (κ1) is 12.2. The van der Waals surface area contributed by atoms with E-state index in [0.29, 0.717) is 18.7 Å². The van der Waals surface area contributed by atoms with E-state index >= 15 is 0 Å². The molecule has 5 heteroatoms. The van der Waals surface area contributed by atoms with Gasteiger partial charge in [-0.1, -0.05) is 6.07 Å². The van der Waals surface area contributed by atoms with E-state index in [4.69, 9.17) is 5.11 Å². The molecular weight excluding hydrogens is 206 g/mol. The summed E-state index contributed by atoms with van der Waals surface area (Å²) < 4.78 is 0. The molecule has 0 atom stereocenters. The number of anilines is 1. The minimum atomic E-state index is -0.773. The zero-order valence-corrected chi connectivity index (χ0v) is 9.18. The number of pyridine rings is 1. The summed E-state index contributed by atoms with van der Waals surface area (Å²) in [7, 11) is 0. The monoisotopic (exact) mass is 221 g/mol. The quantitative estimate of drug-likeness (QED) is 0.570. The molecule has 0 saturated heterocycles. The van der Waals surface area contributed by atoms with Crippen molar-refractivity contribution in [3.8, 4) is 0 Å². The third-order valence-corrected chi connectivity index (χ3v) is 1.96. The molecule has 0 unspecified atom stereocenters. The Bertz CT molecular complexity index is 363. The lowest BCUT2D eigenvalue weighted by molar-refractivity contribution is -0.137. The maximum atomic E-state index is 10.3. The predicted molar refractivity (Wildman–Crippen MR) is 62.5 cm³/mol. The van der Waals surface area contributed by atoms with Crippen molar-refractivity contribution in [3.63, 3.8) is 0 Å². The van der Waals surface area contributed by atoms with Crippen molar-refractivity contribution in [2.45, 2.75) is 26.2 Å². The van der Waals surface area contributed by atoms with Gasteiger partial charge in [0.25, 0.3) is 0 Å². The summed E-state index contributed by atoms with van der Waals surface area (Å²) in [5.41, 5.74) is 3.68. The van der Waals surface area contributed by atoms with Crippen LogP contribution in [0.2, 0.25) is 0 Å². The van der Waals surface area contributed by atoms with Gasteiger partial charge in [-0.25, -0.2) is 4.98 Å². The van der Waals surface area contributed by atoms with Crippen LogP contribution < -0.4 is 5.43 Å². The van der Waals surface area contributed by atoms with Gasteiger partial charge in [0.15, 0.2) is 0 Å². The highest BCUT2D eigenvalue weighted by Crippen LogP contribution is 2.02. The summed E-state index contributed by atoms with van der Waals surface area (Å²) in [4.78, 5) is 14.3. The second-order valence-electron chi connectivity index (χ2n) is 3.42. The number of hydrogen-bond donors (Lipinski definition) is 2. The van der Waals surface area contributed by atoms with Crippen LogP contribution in [0.1, 0.15) is 26.2 Å². The summed E-state index contributed by atoms with van der Waals surface area (Å²) >= 11 is 0. The summed E-state index contributed by atoms with van der Waals surface area (Å²) in [6.07, 6.45) is 3.13. The Kier molecular flexibility index (Phi) is 4.98. The van der Waals surface area contributed by atoms with E-state index in [9.17, 15) is 4.79 Å². The second kappa shape index (κ2) is 6.55. The summed E-state index contributed by atoms with van der Waals surface area (Å²) in [6.45, 7) is 1.86. The SMILES string of the molecule is C/C(CCCC(=O)O)=N/Nc1ccccn1. The molecule has 0 amide bonds. The molecule has 1 aromatic rings. The van der Waals surface area contributed by atoms with Gasteiger partial charge in [-0.05, 0) is 31.9 Å². The molecule has 2 N–H and O–H groups in total. The van der Waals surface area contributed by atoms with Crippen molar-refractivity contribution in [1.82, 2.24) is 4.98 Å². The zero-order valence-electron chi connectivity index (χ0n) is 9.18. The van der Waals surface area contributed by atoms with Crippen LogP contribution in [0.25, 0.3) is 0 Å². The van der Waals surface area contributed by atoms with Gasteiger partial charge >= 0.3 is 5.97 Å². The Morgan fingerprint density at radius 1 is 1.50 bits per heavy atom. The maximum Gasteiger partial charge on any atom is 0.303 e. The Morgan fingerprint density at radius 3 is 2.94 bits per heavy atom. The summed E-state index contributed by atoms with van der Waals surface area (Å²) in [6, 6.07) is 5.51. The molecule has 0 bridgehead atoms. The standard InChI is InChI=1S/C11H15N3O2/c1-9(5-4-7-11(15)16)13-14-10-6-2-3-8-12-10/h2-3,6,8H,4-5,7H2,1H3,(H,12,14)(H,15,16)/b13-9-. The highest BCUT2D eigenvalue weighted by molar-refractivity contribution is 5.82. The molecule has 0 aliphatic heterocycles. The molecule has 0 aliphatic rings. The van der Waals surface area contributed by atoms with E-state index in [-0.39, 0.29) is 6.42 Å². The van der Waals surface area contributed by atoms with Crippen LogP contribution in [0, 0.1) is 0 Å². The molecule has 0 spiro atoms. The molecule has 0 radical (unpaired) electrons. The number of nitrogens with one attached hydrogen (secondary N) is 1. The van der Waals surface area contributed by atoms with Gasteiger partial charge in [0.2, 0.25) is 0 Å². The molecule has 0 saturated carbocycles. The molecule has 5 nitrogen and oxygen atoms in total. The van der Waals surface area contributed by atoms with Crippen LogP contribution in [-0.2, 0) is 4.79 Å². The first-order chi connectivity index (χ1) is 7.68. The maximum absolute atomic E-state index is 10.3. The van der Waals surface area contributed by atoms with E-state index < -0.39 is 5.97 Å².